The van der Waals surface area contributed by atoms with Gasteiger partial charge in [-0.1, -0.05) is 50.2 Å². The highest BCUT2D eigenvalue weighted by Crippen LogP contribution is 2.24. The molecule has 0 aliphatic heterocycles. The van der Waals surface area contributed by atoms with Gasteiger partial charge >= 0.3 is 0 Å². The molecule has 2 aromatic heterocycles. The van der Waals surface area contributed by atoms with E-state index in [9.17, 15) is 4.79 Å². The number of carbonyl (C=O) groups excluding carboxylic acids is 1. The van der Waals surface area contributed by atoms with Crippen LogP contribution in [0.1, 0.15) is 35.9 Å². The lowest BCUT2D eigenvalue weighted by Gasteiger charge is -2.12. The van der Waals surface area contributed by atoms with Crippen LogP contribution >= 0.6 is 0 Å². The lowest BCUT2D eigenvalue weighted by atomic mass is 10.2. The van der Waals surface area contributed by atoms with Crippen molar-refractivity contribution >= 4 is 22.8 Å². The van der Waals surface area contributed by atoms with Crippen molar-refractivity contribution in [3.05, 3.63) is 78.2 Å². The molecule has 0 unspecified atom stereocenters. The number of benzene rings is 2. The molecule has 30 heavy (non-hydrogen) atoms. The predicted octanol–water partition coefficient (Wildman–Crippen LogP) is 3.78. The van der Waals surface area contributed by atoms with E-state index in [1.165, 1.54) is 0 Å². The Morgan fingerprint density at radius 3 is 2.37 bits per heavy atom. The second-order valence-electron chi connectivity index (χ2n) is 7.26. The normalized spacial score (nSPS) is 11.0. The van der Waals surface area contributed by atoms with Crippen molar-refractivity contribution in [3.8, 4) is 5.69 Å². The summed E-state index contributed by atoms with van der Waals surface area (Å²) in [6.07, 6.45) is 1.78. The Kier molecular flexibility index (Phi) is 5.70. The molecule has 0 radical (unpaired) electrons. The van der Waals surface area contributed by atoms with Crippen molar-refractivity contribution in [2.24, 2.45) is 0 Å². The molecule has 2 N–H and O–H groups in total. The standard InChI is InChI=1S/C23H24N6O/c1-16(2)20-27-21(24-13-14-25-23(30)17-9-5-3-6-10-17)19-15-26-29(22(19)28-20)18-11-7-4-8-12-18/h3-12,15-16H,13-14H2,1-2H3,(H,25,30)(H,24,27,28). The van der Waals surface area contributed by atoms with Crippen LogP contribution in [0.2, 0.25) is 0 Å². The van der Waals surface area contributed by atoms with Crippen molar-refractivity contribution in [1.29, 1.82) is 0 Å². The van der Waals surface area contributed by atoms with Crippen molar-refractivity contribution in [1.82, 2.24) is 25.1 Å². The van der Waals surface area contributed by atoms with Crippen LogP contribution in [0.3, 0.4) is 0 Å². The van der Waals surface area contributed by atoms with Crippen molar-refractivity contribution < 1.29 is 4.79 Å². The van der Waals surface area contributed by atoms with E-state index in [0.717, 1.165) is 28.4 Å². The highest BCUT2D eigenvalue weighted by Gasteiger charge is 2.15. The highest BCUT2D eigenvalue weighted by atomic mass is 16.1. The molecule has 4 rings (SSSR count). The Hall–Kier alpha value is -3.74. The second-order valence-corrected chi connectivity index (χ2v) is 7.26. The van der Waals surface area contributed by atoms with E-state index < -0.39 is 0 Å². The zero-order valence-corrected chi connectivity index (χ0v) is 17.0. The molecule has 7 heteroatoms. The van der Waals surface area contributed by atoms with E-state index >= 15 is 0 Å². The maximum Gasteiger partial charge on any atom is 0.251 e. The van der Waals surface area contributed by atoms with Gasteiger partial charge in [0.2, 0.25) is 0 Å². The number of nitrogens with zero attached hydrogens (tertiary/aromatic N) is 4. The zero-order chi connectivity index (χ0) is 20.9. The third kappa shape index (κ3) is 4.15. The van der Waals surface area contributed by atoms with Gasteiger partial charge in [-0.15, -0.1) is 0 Å². The van der Waals surface area contributed by atoms with Gasteiger partial charge in [-0.25, -0.2) is 14.6 Å². The number of para-hydroxylation sites is 1. The SMILES string of the molecule is CC(C)c1nc(NCCNC(=O)c2ccccc2)c2cnn(-c3ccccc3)c2n1. The fourth-order valence-electron chi connectivity index (χ4n) is 3.12. The fourth-order valence-corrected chi connectivity index (χ4v) is 3.12. The van der Waals surface area contributed by atoms with Crippen molar-refractivity contribution in [3.63, 3.8) is 0 Å². The van der Waals surface area contributed by atoms with Gasteiger partial charge in [0.05, 0.1) is 17.3 Å². The van der Waals surface area contributed by atoms with Crippen LogP contribution in [0.4, 0.5) is 5.82 Å². The monoisotopic (exact) mass is 400 g/mol. The number of anilines is 1. The molecular weight excluding hydrogens is 376 g/mol. The zero-order valence-electron chi connectivity index (χ0n) is 17.0. The summed E-state index contributed by atoms with van der Waals surface area (Å²) in [6, 6.07) is 19.1. The summed E-state index contributed by atoms with van der Waals surface area (Å²) in [4.78, 5) is 21.6. The van der Waals surface area contributed by atoms with Gasteiger partial charge in [-0.3, -0.25) is 4.79 Å². The van der Waals surface area contributed by atoms with E-state index in [1.54, 1.807) is 18.3 Å². The van der Waals surface area contributed by atoms with Crippen LogP contribution < -0.4 is 10.6 Å². The summed E-state index contributed by atoms with van der Waals surface area (Å²) in [5.74, 6) is 1.55. The number of aromatic nitrogens is 4. The number of amides is 1. The lowest BCUT2D eigenvalue weighted by molar-refractivity contribution is 0.0955. The number of rotatable bonds is 7. The summed E-state index contributed by atoms with van der Waals surface area (Å²) < 4.78 is 1.82. The molecule has 0 spiro atoms. The fraction of sp³-hybridized carbons (Fsp3) is 0.217. The molecule has 2 heterocycles. The van der Waals surface area contributed by atoms with Gasteiger partial charge < -0.3 is 10.6 Å². The number of nitrogens with one attached hydrogen (secondary N) is 2. The van der Waals surface area contributed by atoms with Gasteiger partial charge in [0.1, 0.15) is 11.6 Å². The summed E-state index contributed by atoms with van der Waals surface area (Å²) in [6.45, 7) is 5.14. The largest absolute Gasteiger partial charge is 0.368 e. The van der Waals surface area contributed by atoms with Gasteiger partial charge in [0.15, 0.2) is 5.65 Å². The smallest absolute Gasteiger partial charge is 0.251 e. The quantitative estimate of drug-likeness (QED) is 0.461. The minimum atomic E-state index is -0.0926. The predicted molar refractivity (Wildman–Crippen MR) is 118 cm³/mol. The summed E-state index contributed by atoms with van der Waals surface area (Å²) in [5.41, 5.74) is 2.35. The van der Waals surface area contributed by atoms with Crippen LogP contribution in [-0.2, 0) is 0 Å². The van der Waals surface area contributed by atoms with Crippen LogP contribution in [0.25, 0.3) is 16.7 Å². The van der Waals surface area contributed by atoms with Gasteiger partial charge in [-0.05, 0) is 24.3 Å². The Bertz CT molecular complexity index is 1140. The third-order valence-corrected chi connectivity index (χ3v) is 4.70. The van der Waals surface area contributed by atoms with Gasteiger partial charge in [0, 0.05) is 24.6 Å². The first kappa shape index (κ1) is 19.6. The highest BCUT2D eigenvalue weighted by molar-refractivity contribution is 5.94. The number of carbonyl (C=O) groups is 1. The molecule has 7 nitrogen and oxygen atoms in total. The van der Waals surface area contributed by atoms with Gasteiger partial charge in [-0.2, -0.15) is 5.10 Å². The maximum absolute atomic E-state index is 12.2. The summed E-state index contributed by atoms with van der Waals surface area (Å²) in [7, 11) is 0. The molecule has 1 amide bonds. The van der Waals surface area contributed by atoms with Gasteiger partial charge in [0.25, 0.3) is 5.91 Å². The Morgan fingerprint density at radius 2 is 1.67 bits per heavy atom. The van der Waals surface area contributed by atoms with Crippen LogP contribution in [0, 0.1) is 0 Å². The van der Waals surface area contributed by atoms with Crippen molar-refractivity contribution in [2.45, 2.75) is 19.8 Å². The summed E-state index contributed by atoms with van der Waals surface area (Å²) in [5, 5.41) is 11.6. The number of hydrogen-bond acceptors (Lipinski definition) is 5. The van der Waals surface area contributed by atoms with Crippen LogP contribution in [0.5, 0.6) is 0 Å². The van der Waals surface area contributed by atoms with E-state index in [-0.39, 0.29) is 11.8 Å². The molecule has 0 aliphatic rings. The maximum atomic E-state index is 12.2. The topological polar surface area (TPSA) is 84.7 Å². The van der Waals surface area contributed by atoms with Crippen LogP contribution in [-0.4, -0.2) is 38.7 Å². The Balaban J connectivity index is 1.53. The molecule has 152 valence electrons. The minimum Gasteiger partial charge on any atom is -0.368 e. The summed E-state index contributed by atoms with van der Waals surface area (Å²) >= 11 is 0. The van der Waals surface area contributed by atoms with E-state index in [0.29, 0.717) is 18.7 Å². The minimum absolute atomic E-state index is 0.0926. The molecule has 0 bridgehead atoms. The lowest BCUT2D eigenvalue weighted by Crippen LogP contribution is -2.29. The van der Waals surface area contributed by atoms with E-state index in [2.05, 4.69) is 29.6 Å². The molecular formula is C23H24N6O. The van der Waals surface area contributed by atoms with E-state index in [4.69, 9.17) is 9.97 Å². The Labute approximate surface area is 175 Å². The van der Waals surface area contributed by atoms with E-state index in [1.807, 2.05) is 53.2 Å². The first-order valence-electron chi connectivity index (χ1n) is 10.0. The third-order valence-electron chi connectivity index (χ3n) is 4.70. The molecule has 0 saturated heterocycles. The molecule has 0 fully saturated rings. The average molecular weight is 400 g/mol. The Morgan fingerprint density at radius 1 is 0.967 bits per heavy atom. The average Bonchev–Trinajstić information content (AvgIpc) is 3.22. The second kappa shape index (κ2) is 8.73. The molecule has 0 aliphatic carbocycles. The first-order valence-corrected chi connectivity index (χ1v) is 10.0. The number of fused-ring (bicyclic) bond motifs is 1. The first-order chi connectivity index (χ1) is 14.6. The number of hydrogen-bond donors (Lipinski definition) is 2. The molecule has 0 saturated carbocycles. The molecule has 2 aromatic carbocycles. The van der Waals surface area contributed by atoms with Crippen molar-refractivity contribution in [2.75, 3.05) is 18.4 Å². The molecule has 0 atom stereocenters. The molecule has 4 aromatic rings. The van der Waals surface area contributed by atoms with Crippen LogP contribution in [0.15, 0.2) is 66.9 Å².